The second-order valence-electron chi connectivity index (χ2n) is 6.38. The summed E-state index contributed by atoms with van der Waals surface area (Å²) in [6.07, 6.45) is 1.48. The molecule has 31 heavy (non-hydrogen) atoms. The molecule has 3 heterocycles. The maximum atomic E-state index is 13.4. The average molecular weight is 432 g/mol. The highest BCUT2D eigenvalue weighted by Crippen LogP contribution is 2.26. The van der Waals surface area contributed by atoms with Crippen molar-refractivity contribution in [2.75, 3.05) is 5.32 Å². The van der Waals surface area contributed by atoms with E-state index in [0.29, 0.717) is 17.2 Å². The van der Waals surface area contributed by atoms with E-state index in [1.807, 2.05) is 17.5 Å². The van der Waals surface area contributed by atoms with Gasteiger partial charge in [0.2, 0.25) is 5.82 Å². The molecule has 5 aromatic rings. The molecule has 3 aromatic heterocycles. The third kappa shape index (κ3) is 3.81. The van der Waals surface area contributed by atoms with Gasteiger partial charge in [0.05, 0.1) is 16.3 Å². The zero-order valence-corrected chi connectivity index (χ0v) is 16.6. The molecule has 0 aliphatic heterocycles. The zero-order valence-electron chi connectivity index (χ0n) is 15.8. The molecule has 0 bridgehead atoms. The lowest BCUT2D eigenvalue weighted by molar-refractivity contribution is 0.101. The van der Waals surface area contributed by atoms with Gasteiger partial charge < -0.3 is 5.32 Å². The maximum Gasteiger partial charge on any atom is 0.295 e. The summed E-state index contributed by atoms with van der Waals surface area (Å²) >= 11 is 1.47. The Bertz CT molecular complexity index is 1310. The fourth-order valence-corrected chi connectivity index (χ4v) is 3.60. The van der Waals surface area contributed by atoms with Crippen molar-refractivity contribution < 1.29 is 9.18 Å². The van der Waals surface area contributed by atoms with Gasteiger partial charge in [-0.2, -0.15) is 0 Å². The number of nitrogens with zero attached hydrogens (tertiary/aromatic N) is 7. The van der Waals surface area contributed by atoms with Crippen LogP contribution in [0.15, 0.2) is 72.4 Å². The topological polar surface area (TPSA) is 103 Å². The van der Waals surface area contributed by atoms with Crippen molar-refractivity contribution in [1.29, 1.82) is 0 Å². The molecule has 1 N–H and O–H groups in total. The predicted molar refractivity (Wildman–Crippen MR) is 112 cm³/mol. The number of rotatable bonds is 5. The number of nitrogens with one attached hydrogen (secondary N) is 1. The van der Waals surface area contributed by atoms with Crippen molar-refractivity contribution in [3.8, 4) is 22.1 Å². The summed E-state index contributed by atoms with van der Waals surface area (Å²) in [6, 6.07) is 16.6. The van der Waals surface area contributed by atoms with Crippen LogP contribution in [0.1, 0.15) is 10.6 Å². The first-order valence-electron chi connectivity index (χ1n) is 9.09. The number of thiophene rings is 1. The van der Waals surface area contributed by atoms with Crippen LogP contribution in [0, 0.1) is 5.82 Å². The molecule has 0 saturated carbocycles. The van der Waals surface area contributed by atoms with Crippen LogP contribution in [0.4, 0.5) is 10.1 Å². The van der Waals surface area contributed by atoms with Crippen LogP contribution in [0.5, 0.6) is 0 Å². The van der Waals surface area contributed by atoms with Crippen LogP contribution in [-0.2, 0) is 0 Å². The molecule has 152 valence electrons. The quantitative estimate of drug-likeness (QED) is 0.457. The number of hydrogen-bond donors (Lipinski definition) is 1. The molecule has 0 spiro atoms. The molecule has 0 radical (unpaired) electrons. The Kier molecular flexibility index (Phi) is 4.77. The van der Waals surface area contributed by atoms with E-state index in [0.717, 1.165) is 10.6 Å². The number of anilines is 1. The number of carbonyl (C=O) groups excluding carboxylic acids is 1. The minimum atomic E-state index is -0.464. The normalized spacial score (nSPS) is 10.9. The summed E-state index contributed by atoms with van der Waals surface area (Å²) in [6.45, 7) is 0. The van der Waals surface area contributed by atoms with E-state index in [2.05, 4.69) is 30.9 Å². The molecule has 0 unspecified atom stereocenters. The molecule has 5 rings (SSSR count). The smallest absolute Gasteiger partial charge is 0.295 e. The zero-order chi connectivity index (χ0) is 21.2. The van der Waals surface area contributed by atoms with Gasteiger partial charge in [0.15, 0.2) is 5.82 Å². The van der Waals surface area contributed by atoms with Crippen LogP contribution in [-0.4, -0.2) is 40.9 Å². The molecule has 0 fully saturated rings. The third-order valence-electron chi connectivity index (χ3n) is 4.36. The first-order chi connectivity index (χ1) is 15.2. The van der Waals surface area contributed by atoms with Crippen LogP contribution >= 0.6 is 11.3 Å². The molecule has 0 saturated heterocycles. The summed E-state index contributed by atoms with van der Waals surface area (Å²) in [4.78, 5) is 18.1. The van der Waals surface area contributed by atoms with Crippen molar-refractivity contribution in [2.45, 2.75) is 0 Å². The number of carbonyl (C=O) groups is 1. The van der Waals surface area contributed by atoms with Gasteiger partial charge in [-0.3, -0.25) is 4.79 Å². The standard InChI is InChI=1S/C20H13FN8OS/c21-13-3-7-16(8-4-13)29-19(17-2-1-11-31-17)24-18(25-29)20(30)23-14-5-9-15(10-6-14)28-12-22-26-27-28/h1-12H,(H,23,30). The van der Waals surface area contributed by atoms with Gasteiger partial charge in [0.1, 0.15) is 12.1 Å². The molecular formula is C20H13FN8OS. The molecule has 0 aliphatic carbocycles. The highest BCUT2D eigenvalue weighted by molar-refractivity contribution is 7.13. The van der Waals surface area contributed by atoms with Crippen molar-refractivity contribution in [1.82, 2.24) is 35.0 Å². The van der Waals surface area contributed by atoms with Gasteiger partial charge >= 0.3 is 0 Å². The molecule has 1 amide bonds. The van der Waals surface area contributed by atoms with Gasteiger partial charge in [0, 0.05) is 5.69 Å². The Hall–Kier alpha value is -4.25. The highest BCUT2D eigenvalue weighted by atomic mass is 32.1. The molecule has 0 aliphatic rings. The van der Waals surface area contributed by atoms with Crippen LogP contribution < -0.4 is 5.32 Å². The Labute approximate surface area is 178 Å². The van der Waals surface area contributed by atoms with E-state index >= 15 is 0 Å². The van der Waals surface area contributed by atoms with Gasteiger partial charge in [-0.05, 0) is 70.4 Å². The minimum absolute atomic E-state index is 0.00252. The largest absolute Gasteiger partial charge is 0.319 e. The van der Waals surface area contributed by atoms with E-state index in [-0.39, 0.29) is 11.6 Å². The minimum Gasteiger partial charge on any atom is -0.319 e. The van der Waals surface area contributed by atoms with Crippen molar-refractivity contribution >= 4 is 22.9 Å². The number of halogens is 1. The molecular weight excluding hydrogens is 419 g/mol. The lowest BCUT2D eigenvalue weighted by atomic mass is 10.3. The lowest BCUT2D eigenvalue weighted by Crippen LogP contribution is -2.14. The predicted octanol–water partition coefficient (Wildman–Crippen LogP) is 3.36. The van der Waals surface area contributed by atoms with E-state index < -0.39 is 5.91 Å². The van der Waals surface area contributed by atoms with Crippen molar-refractivity contribution in [2.24, 2.45) is 0 Å². The fourth-order valence-electron chi connectivity index (χ4n) is 2.90. The monoisotopic (exact) mass is 432 g/mol. The van der Waals surface area contributed by atoms with Crippen molar-refractivity contribution in [3.05, 3.63) is 84.0 Å². The van der Waals surface area contributed by atoms with Gasteiger partial charge in [-0.25, -0.2) is 18.7 Å². The van der Waals surface area contributed by atoms with Gasteiger partial charge in [-0.15, -0.1) is 21.5 Å². The number of amides is 1. The van der Waals surface area contributed by atoms with E-state index in [9.17, 15) is 9.18 Å². The summed E-state index contributed by atoms with van der Waals surface area (Å²) in [5.41, 5.74) is 1.92. The maximum absolute atomic E-state index is 13.4. The van der Waals surface area contributed by atoms with E-state index in [4.69, 9.17) is 0 Å². The Morgan fingerprint density at radius 1 is 1.00 bits per heavy atom. The van der Waals surface area contributed by atoms with Crippen LogP contribution in [0.25, 0.3) is 22.1 Å². The summed E-state index contributed by atoms with van der Waals surface area (Å²) in [5, 5.41) is 20.1. The number of benzene rings is 2. The second-order valence-corrected chi connectivity index (χ2v) is 7.33. The average Bonchev–Trinajstić information content (AvgIpc) is 3.56. The Balaban J connectivity index is 1.44. The van der Waals surface area contributed by atoms with E-state index in [1.54, 1.807) is 36.4 Å². The molecule has 0 atom stereocenters. The second kappa shape index (κ2) is 7.88. The SMILES string of the molecule is O=C(Nc1ccc(-n2cnnn2)cc1)c1nc(-c2cccs2)n(-c2ccc(F)cc2)n1. The molecule has 11 heteroatoms. The van der Waals surface area contributed by atoms with E-state index in [1.165, 1.54) is 39.2 Å². The highest BCUT2D eigenvalue weighted by Gasteiger charge is 2.19. The lowest BCUT2D eigenvalue weighted by Gasteiger charge is -2.04. The number of hydrogen-bond acceptors (Lipinski definition) is 7. The Morgan fingerprint density at radius 2 is 1.77 bits per heavy atom. The molecule has 9 nitrogen and oxygen atoms in total. The summed E-state index contributed by atoms with van der Waals surface area (Å²) in [5.74, 6) is -0.323. The first-order valence-corrected chi connectivity index (χ1v) is 9.97. The van der Waals surface area contributed by atoms with Gasteiger partial charge in [-0.1, -0.05) is 6.07 Å². The van der Waals surface area contributed by atoms with Gasteiger partial charge in [0.25, 0.3) is 5.91 Å². The first kappa shape index (κ1) is 18.8. The summed E-state index contributed by atoms with van der Waals surface area (Å²) < 4.78 is 16.4. The summed E-state index contributed by atoms with van der Waals surface area (Å²) in [7, 11) is 0. The third-order valence-corrected chi connectivity index (χ3v) is 5.23. The van der Waals surface area contributed by atoms with Crippen LogP contribution in [0.2, 0.25) is 0 Å². The van der Waals surface area contributed by atoms with Crippen LogP contribution in [0.3, 0.4) is 0 Å². The Morgan fingerprint density at radius 3 is 2.45 bits per heavy atom. The number of aromatic nitrogens is 7. The fraction of sp³-hybridized carbons (Fsp3) is 0. The molecule has 2 aromatic carbocycles. The van der Waals surface area contributed by atoms with Crippen molar-refractivity contribution in [3.63, 3.8) is 0 Å². The number of tetrazole rings is 1.